The molecule has 26 heavy (non-hydrogen) atoms. The zero-order valence-corrected chi connectivity index (χ0v) is 15.8. The minimum Gasteiger partial charge on any atom is -0.356 e. The van der Waals surface area contributed by atoms with Gasteiger partial charge in [0.1, 0.15) is 5.82 Å². The molecule has 1 fully saturated rings. The molecule has 0 aliphatic carbocycles. The van der Waals surface area contributed by atoms with Crippen molar-refractivity contribution < 1.29 is 9.84 Å². The van der Waals surface area contributed by atoms with E-state index in [1.165, 1.54) is 0 Å². The van der Waals surface area contributed by atoms with Gasteiger partial charge in [-0.2, -0.15) is 0 Å². The van der Waals surface area contributed by atoms with Gasteiger partial charge in [-0.05, 0) is 39.2 Å². The number of hydrogen-bond acceptors (Lipinski definition) is 5. The summed E-state index contributed by atoms with van der Waals surface area (Å²) in [6, 6.07) is 2.03. The predicted octanol–water partition coefficient (Wildman–Crippen LogP) is 2.73. The van der Waals surface area contributed by atoms with Crippen molar-refractivity contribution in [1.29, 1.82) is 0 Å². The van der Waals surface area contributed by atoms with E-state index in [1.807, 2.05) is 50.3 Å². The van der Waals surface area contributed by atoms with Crippen molar-refractivity contribution >= 4 is 16.7 Å². The van der Waals surface area contributed by atoms with Crippen molar-refractivity contribution in [2.45, 2.75) is 52.0 Å². The SMILES string of the molecule is C[C@@H]1CCN(C(O)OC(C)(C)C)C[C@@H]1c1ncc2cnc3[nH]ccc3n12. The lowest BCUT2D eigenvalue weighted by Gasteiger charge is -2.40. The number of aliphatic hydroxyl groups is 1. The Morgan fingerprint density at radius 3 is 2.85 bits per heavy atom. The number of aromatic nitrogens is 4. The van der Waals surface area contributed by atoms with Crippen LogP contribution in [0.3, 0.4) is 0 Å². The molecule has 1 aliphatic rings. The number of nitrogens with one attached hydrogen (secondary N) is 1. The molecule has 4 heterocycles. The number of aromatic amines is 1. The highest BCUT2D eigenvalue weighted by Crippen LogP contribution is 2.34. The lowest BCUT2D eigenvalue weighted by atomic mass is 9.86. The number of aliphatic hydroxyl groups excluding tert-OH is 1. The average molecular weight is 357 g/mol. The summed E-state index contributed by atoms with van der Waals surface area (Å²) in [5, 5.41) is 10.5. The largest absolute Gasteiger partial charge is 0.356 e. The normalized spacial score (nSPS) is 23.7. The first-order valence-corrected chi connectivity index (χ1v) is 9.23. The molecule has 0 radical (unpaired) electrons. The Morgan fingerprint density at radius 1 is 1.31 bits per heavy atom. The van der Waals surface area contributed by atoms with Crippen LogP contribution < -0.4 is 0 Å². The maximum Gasteiger partial charge on any atom is 0.216 e. The molecule has 0 saturated carbocycles. The lowest BCUT2D eigenvalue weighted by Crippen LogP contribution is -2.48. The Labute approximate surface area is 153 Å². The van der Waals surface area contributed by atoms with Gasteiger partial charge in [0, 0.05) is 25.2 Å². The van der Waals surface area contributed by atoms with E-state index >= 15 is 0 Å². The quantitative estimate of drug-likeness (QED) is 0.705. The first kappa shape index (κ1) is 17.5. The fraction of sp³-hybridized carbons (Fsp3) is 0.579. The van der Waals surface area contributed by atoms with Crippen LogP contribution in [0.1, 0.15) is 45.9 Å². The van der Waals surface area contributed by atoms with E-state index in [2.05, 4.69) is 21.3 Å². The standard InChI is InChI=1S/C19H27N5O2/c1-12-6-8-23(18(25)26-19(2,3)4)11-14(12)17-22-10-13-9-21-16-15(24(13)17)5-7-20-16/h5,7,9-10,12,14,18,20,25H,6,8,11H2,1-4H3/t12-,14+,18?/m1/s1. The summed E-state index contributed by atoms with van der Waals surface area (Å²) in [5.74, 6) is 1.71. The maximum atomic E-state index is 10.5. The molecule has 1 saturated heterocycles. The predicted molar refractivity (Wildman–Crippen MR) is 99.8 cm³/mol. The third-order valence-corrected chi connectivity index (χ3v) is 5.18. The minimum absolute atomic E-state index is 0.213. The fourth-order valence-corrected chi connectivity index (χ4v) is 3.78. The third-order valence-electron chi connectivity index (χ3n) is 5.18. The molecular weight excluding hydrogens is 330 g/mol. The van der Waals surface area contributed by atoms with Gasteiger partial charge < -0.3 is 14.8 Å². The van der Waals surface area contributed by atoms with Crippen molar-refractivity contribution in [2.75, 3.05) is 13.1 Å². The van der Waals surface area contributed by atoms with Crippen LogP contribution in [0.4, 0.5) is 0 Å². The molecule has 4 rings (SSSR count). The second-order valence-electron chi connectivity index (χ2n) is 8.27. The van der Waals surface area contributed by atoms with Crippen molar-refractivity contribution in [3.8, 4) is 0 Å². The molecule has 1 aliphatic heterocycles. The number of H-pyrrole nitrogens is 1. The van der Waals surface area contributed by atoms with Gasteiger partial charge >= 0.3 is 0 Å². The highest BCUT2D eigenvalue weighted by atomic mass is 16.6. The zero-order valence-electron chi connectivity index (χ0n) is 15.8. The topological polar surface area (TPSA) is 78.7 Å². The van der Waals surface area contributed by atoms with Gasteiger partial charge in [0.05, 0.1) is 29.0 Å². The van der Waals surface area contributed by atoms with Crippen LogP contribution in [-0.2, 0) is 4.74 Å². The molecule has 140 valence electrons. The molecule has 0 aromatic carbocycles. The van der Waals surface area contributed by atoms with Gasteiger partial charge in [0.2, 0.25) is 6.41 Å². The average Bonchev–Trinajstić information content (AvgIpc) is 3.19. The van der Waals surface area contributed by atoms with E-state index in [1.54, 1.807) is 0 Å². The molecule has 0 spiro atoms. The second-order valence-corrected chi connectivity index (χ2v) is 8.27. The first-order chi connectivity index (χ1) is 12.3. The number of rotatable bonds is 3. The van der Waals surface area contributed by atoms with Gasteiger partial charge in [-0.15, -0.1) is 0 Å². The number of imidazole rings is 1. The molecule has 7 nitrogen and oxygen atoms in total. The van der Waals surface area contributed by atoms with Crippen molar-refractivity contribution in [3.05, 3.63) is 30.5 Å². The molecule has 0 amide bonds. The lowest BCUT2D eigenvalue weighted by molar-refractivity contribution is -0.244. The van der Waals surface area contributed by atoms with Crippen LogP contribution in [-0.4, -0.2) is 54.5 Å². The molecule has 3 atom stereocenters. The first-order valence-electron chi connectivity index (χ1n) is 9.23. The molecule has 0 bridgehead atoms. The summed E-state index contributed by atoms with van der Waals surface area (Å²) in [7, 11) is 0. The van der Waals surface area contributed by atoms with Crippen molar-refractivity contribution in [3.63, 3.8) is 0 Å². The summed E-state index contributed by atoms with van der Waals surface area (Å²) in [5.41, 5.74) is 2.49. The fourth-order valence-electron chi connectivity index (χ4n) is 3.78. The van der Waals surface area contributed by atoms with E-state index in [4.69, 9.17) is 9.72 Å². The Morgan fingerprint density at radius 2 is 2.08 bits per heavy atom. The van der Waals surface area contributed by atoms with Gasteiger partial charge in [-0.3, -0.25) is 9.30 Å². The summed E-state index contributed by atoms with van der Waals surface area (Å²) in [6.07, 6.45) is 5.72. The molecule has 3 aromatic heterocycles. The summed E-state index contributed by atoms with van der Waals surface area (Å²) >= 11 is 0. The Bertz CT molecular complexity index is 910. The van der Waals surface area contributed by atoms with E-state index in [0.717, 1.165) is 35.5 Å². The van der Waals surface area contributed by atoms with Crippen LogP contribution in [0.15, 0.2) is 24.7 Å². The van der Waals surface area contributed by atoms with Crippen LogP contribution in [0, 0.1) is 5.92 Å². The number of nitrogens with zero attached hydrogens (tertiary/aromatic N) is 4. The molecule has 2 N–H and O–H groups in total. The number of fused-ring (bicyclic) bond motifs is 3. The second kappa shape index (κ2) is 6.33. The zero-order chi connectivity index (χ0) is 18.5. The Balaban J connectivity index is 1.68. The van der Waals surface area contributed by atoms with Gasteiger partial charge in [0.15, 0.2) is 5.65 Å². The molecule has 1 unspecified atom stereocenters. The van der Waals surface area contributed by atoms with E-state index < -0.39 is 6.41 Å². The van der Waals surface area contributed by atoms with Gasteiger partial charge in [-0.25, -0.2) is 9.97 Å². The molecule has 7 heteroatoms. The monoisotopic (exact) mass is 357 g/mol. The smallest absolute Gasteiger partial charge is 0.216 e. The van der Waals surface area contributed by atoms with Crippen molar-refractivity contribution in [1.82, 2.24) is 24.3 Å². The van der Waals surface area contributed by atoms with Crippen molar-refractivity contribution in [2.24, 2.45) is 5.92 Å². The maximum absolute atomic E-state index is 10.5. The van der Waals surface area contributed by atoms with Gasteiger partial charge in [-0.1, -0.05) is 6.92 Å². The Hall–Kier alpha value is -1.96. The molecule has 3 aromatic rings. The number of hydrogen-bond donors (Lipinski definition) is 2. The highest BCUT2D eigenvalue weighted by molar-refractivity contribution is 5.75. The summed E-state index contributed by atoms with van der Waals surface area (Å²) in [6.45, 7) is 9.66. The van der Waals surface area contributed by atoms with Gasteiger partial charge in [0.25, 0.3) is 0 Å². The Kier molecular flexibility index (Phi) is 4.25. The van der Waals surface area contributed by atoms with Crippen LogP contribution >= 0.6 is 0 Å². The number of piperidine rings is 1. The van der Waals surface area contributed by atoms with Crippen LogP contribution in [0.2, 0.25) is 0 Å². The van der Waals surface area contributed by atoms with Crippen LogP contribution in [0.25, 0.3) is 16.7 Å². The number of likely N-dealkylation sites (tertiary alicyclic amines) is 1. The van der Waals surface area contributed by atoms with E-state index in [9.17, 15) is 5.11 Å². The van der Waals surface area contributed by atoms with E-state index in [-0.39, 0.29) is 11.5 Å². The summed E-state index contributed by atoms with van der Waals surface area (Å²) < 4.78 is 7.94. The number of ether oxygens (including phenoxy) is 1. The minimum atomic E-state index is -0.898. The summed E-state index contributed by atoms with van der Waals surface area (Å²) in [4.78, 5) is 14.3. The third kappa shape index (κ3) is 3.11. The molecular formula is C19H27N5O2. The highest BCUT2D eigenvalue weighted by Gasteiger charge is 2.34. The van der Waals surface area contributed by atoms with Crippen LogP contribution in [0.5, 0.6) is 0 Å². The van der Waals surface area contributed by atoms with E-state index in [0.29, 0.717) is 12.5 Å².